The van der Waals surface area contributed by atoms with E-state index in [0.29, 0.717) is 5.56 Å². The van der Waals surface area contributed by atoms with Gasteiger partial charge in [-0.05, 0) is 34.0 Å². The van der Waals surface area contributed by atoms with Gasteiger partial charge >= 0.3 is 0 Å². The molecule has 0 aromatic heterocycles. The molecule has 0 bridgehead atoms. The van der Waals surface area contributed by atoms with Crippen molar-refractivity contribution in [1.82, 2.24) is 0 Å². The zero-order valence-electron chi connectivity index (χ0n) is 15.7. The number of halogens is 1. The molecule has 0 saturated heterocycles. The second-order valence-corrected chi connectivity index (χ2v) is 4.42. The molecule has 0 N–H and O–H groups in total. The first-order valence-electron chi connectivity index (χ1n) is 8.51. The SMILES string of the molecule is [2H]c1c([2H])c([2H])c2c(-c3ccc(Br)cc3)c([2H])c([2H])c([2H])c2c1[2H]. The van der Waals surface area contributed by atoms with Gasteiger partial charge in [0.1, 0.15) is 0 Å². The van der Waals surface area contributed by atoms with E-state index in [9.17, 15) is 0 Å². The van der Waals surface area contributed by atoms with Crippen molar-refractivity contribution in [3.8, 4) is 11.1 Å². The number of hydrogen-bond donors (Lipinski definition) is 0. The van der Waals surface area contributed by atoms with Crippen LogP contribution in [0.4, 0.5) is 0 Å². The standard InChI is InChI=1S/C16H11Br/c17-14-10-8-13(9-11-14)16-7-3-5-12-4-1-2-6-15(12)16/h1-11H/i1D,2D,3D,4D,5D,6D,7D. The first-order valence-corrected chi connectivity index (χ1v) is 5.80. The summed E-state index contributed by atoms with van der Waals surface area (Å²) in [5.74, 6) is 0. The fourth-order valence-corrected chi connectivity index (χ4v) is 1.91. The normalized spacial score (nSPS) is 16.4. The van der Waals surface area contributed by atoms with E-state index in [0.717, 1.165) is 4.47 Å². The van der Waals surface area contributed by atoms with Crippen LogP contribution in [-0.4, -0.2) is 0 Å². The van der Waals surface area contributed by atoms with Gasteiger partial charge in [0.25, 0.3) is 0 Å². The van der Waals surface area contributed by atoms with E-state index in [1.54, 1.807) is 24.3 Å². The minimum atomic E-state index is -0.445. The Kier molecular flexibility index (Phi) is 1.37. The lowest BCUT2D eigenvalue weighted by Crippen LogP contribution is -1.80. The number of benzene rings is 3. The summed E-state index contributed by atoms with van der Waals surface area (Å²) in [6, 6.07) is 4.47. The zero-order valence-corrected chi connectivity index (χ0v) is 10.3. The van der Waals surface area contributed by atoms with Gasteiger partial charge in [-0.2, -0.15) is 0 Å². The van der Waals surface area contributed by atoms with Gasteiger partial charge in [-0.3, -0.25) is 0 Å². The van der Waals surface area contributed by atoms with Gasteiger partial charge in [0.15, 0.2) is 0 Å². The van der Waals surface area contributed by atoms with Crippen LogP contribution in [0.15, 0.2) is 71.0 Å². The predicted molar refractivity (Wildman–Crippen MR) is 77.1 cm³/mol. The third-order valence-electron chi connectivity index (χ3n) is 2.45. The molecule has 1 heteroatoms. The second-order valence-electron chi connectivity index (χ2n) is 3.51. The molecule has 0 aliphatic heterocycles. The third kappa shape index (κ3) is 1.98. The number of rotatable bonds is 1. The average molecular weight is 290 g/mol. The topological polar surface area (TPSA) is 0 Å². The fourth-order valence-electron chi connectivity index (χ4n) is 1.65. The first-order chi connectivity index (χ1) is 11.3. The fraction of sp³-hybridized carbons (Fsp3) is 0. The van der Waals surface area contributed by atoms with Crippen LogP contribution in [0.25, 0.3) is 21.9 Å². The molecule has 82 valence electrons. The maximum absolute atomic E-state index is 8.23. The molecule has 0 aliphatic rings. The lowest BCUT2D eigenvalue weighted by molar-refractivity contribution is 1.62. The lowest BCUT2D eigenvalue weighted by atomic mass is 9.98. The van der Waals surface area contributed by atoms with Crippen molar-refractivity contribution in [3.05, 3.63) is 71.0 Å². The Morgan fingerprint density at radius 3 is 2.35 bits per heavy atom. The molecule has 0 saturated carbocycles. The van der Waals surface area contributed by atoms with Crippen LogP contribution in [0, 0.1) is 0 Å². The summed E-state index contributed by atoms with van der Waals surface area (Å²) in [6.07, 6.45) is 0. The van der Waals surface area contributed by atoms with Gasteiger partial charge in [-0.15, -0.1) is 0 Å². The Balaban J connectivity index is 2.61. The maximum atomic E-state index is 8.23. The van der Waals surface area contributed by atoms with Crippen LogP contribution in [0.2, 0.25) is 0 Å². The van der Waals surface area contributed by atoms with E-state index >= 15 is 0 Å². The van der Waals surface area contributed by atoms with E-state index in [-0.39, 0.29) is 46.5 Å². The van der Waals surface area contributed by atoms with E-state index < -0.39 is 12.1 Å². The van der Waals surface area contributed by atoms with Gasteiger partial charge in [0.05, 0.1) is 9.60 Å². The highest BCUT2D eigenvalue weighted by molar-refractivity contribution is 9.10. The van der Waals surface area contributed by atoms with E-state index in [2.05, 4.69) is 15.9 Å². The summed E-state index contributed by atoms with van der Waals surface area (Å²) in [4.78, 5) is 0. The number of fused-ring (bicyclic) bond motifs is 1. The summed E-state index contributed by atoms with van der Waals surface area (Å²) >= 11 is 3.32. The van der Waals surface area contributed by atoms with Crippen molar-refractivity contribution in [2.75, 3.05) is 0 Å². The van der Waals surface area contributed by atoms with Gasteiger partial charge in [0.2, 0.25) is 0 Å². The van der Waals surface area contributed by atoms with E-state index in [4.69, 9.17) is 9.60 Å². The van der Waals surface area contributed by atoms with Crippen molar-refractivity contribution in [2.24, 2.45) is 0 Å². The highest BCUT2D eigenvalue weighted by Crippen LogP contribution is 2.29. The highest BCUT2D eigenvalue weighted by Gasteiger charge is 2.02. The molecule has 0 aliphatic carbocycles. The Hall–Kier alpha value is -1.60. The average Bonchev–Trinajstić information content (AvgIpc) is 2.57. The Bertz CT molecular complexity index is 973. The maximum Gasteiger partial charge on any atom is 0.0629 e. The summed E-state index contributed by atoms with van der Waals surface area (Å²) in [5.41, 5.74) is 0.803. The molecule has 3 aromatic carbocycles. The molecule has 0 radical (unpaired) electrons. The minimum Gasteiger partial charge on any atom is -0.0616 e. The van der Waals surface area contributed by atoms with Crippen LogP contribution in [0.1, 0.15) is 9.60 Å². The van der Waals surface area contributed by atoms with Crippen LogP contribution < -0.4 is 0 Å². The third-order valence-corrected chi connectivity index (χ3v) is 2.97. The van der Waals surface area contributed by atoms with Gasteiger partial charge < -0.3 is 0 Å². The molecule has 17 heavy (non-hydrogen) atoms. The Morgan fingerprint density at radius 2 is 1.53 bits per heavy atom. The highest BCUT2D eigenvalue weighted by atomic mass is 79.9. The summed E-state index contributed by atoms with van der Waals surface area (Å²) in [7, 11) is 0. The second kappa shape index (κ2) is 4.34. The van der Waals surface area contributed by atoms with Crippen molar-refractivity contribution in [3.63, 3.8) is 0 Å². The quantitative estimate of drug-likeness (QED) is 0.572. The Labute approximate surface area is 119 Å². The molecular formula is C16H11Br. The van der Waals surface area contributed by atoms with Crippen LogP contribution in [0.3, 0.4) is 0 Å². The number of hydrogen-bond acceptors (Lipinski definition) is 0. The smallest absolute Gasteiger partial charge is 0.0616 e. The molecule has 0 atom stereocenters. The molecule has 0 unspecified atom stereocenters. The Morgan fingerprint density at radius 1 is 0.824 bits per heavy atom. The predicted octanol–water partition coefficient (Wildman–Crippen LogP) is 5.27. The van der Waals surface area contributed by atoms with Gasteiger partial charge in [0, 0.05) is 4.47 Å². The van der Waals surface area contributed by atoms with E-state index in [1.165, 1.54) is 0 Å². The molecule has 0 nitrogen and oxygen atoms in total. The summed E-state index contributed by atoms with van der Waals surface area (Å²) in [5, 5.41) is 0.0780. The van der Waals surface area contributed by atoms with E-state index in [1.807, 2.05) is 0 Å². The van der Waals surface area contributed by atoms with Crippen molar-refractivity contribution >= 4 is 26.7 Å². The van der Waals surface area contributed by atoms with Crippen molar-refractivity contribution in [2.45, 2.75) is 0 Å². The molecule has 3 aromatic rings. The van der Waals surface area contributed by atoms with Crippen molar-refractivity contribution in [1.29, 1.82) is 0 Å². The minimum absolute atomic E-state index is 0.0279. The summed E-state index contributed by atoms with van der Waals surface area (Å²) in [6.45, 7) is 0. The summed E-state index contributed by atoms with van der Waals surface area (Å²) < 4.78 is 57.1. The van der Waals surface area contributed by atoms with Crippen LogP contribution >= 0.6 is 15.9 Å². The monoisotopic (exact) mass is 289 g/mol. The van der Waals surface area contributed by atoms with Gasteiger partial charge in [-0.1, -0.05) is 70.4 Å². The van der Waals surface area contributed by atoms with Crippen LogP contribution in [0.5, 0.6) is 0 Å². The molecule has 3 rings (SSSR count). The first kappa shape index (κ1) is 5.36. The lowest BCUT2D eigenvalue weighted by Gasteiger charge is -2.06. The largest absolute Gasteiger partial charge is 0.0629 e. The zero-order chi connectivity index (χ0) is 17.8. The van der Waals surface area contributed by atoms with Crippen molar-refractivity contribution < 1.29 is 9.60 Å². The van der Waals surface area contributed by atoms with Crippen LogP contribution in [-0.2, 0) is 0 Å². The molecule has 0 heterocycles. The molecular weight excluding hydrogens is 272 g/mol. The molecule has 0 fully saturated rings. The van der Waals surface area contributed by atoms with Gasteiger partial charge in [-0.25, -0.2) is 0 Å². The molecule has 0 spiro atoms. The molecule has 0 amide bonds.